The summed E-state index contributed by atoms with van der Waals surface area (Å²) in [6, 6.07) is 20.0. The molecule has 4 rings (SSSR count). The molecule has 0 aliphatic rings. The number of aryl methyl sites for hydroxylation is 2. The number of amides is 1. The summed E-state index contributed by atoms with van der Waals surface area (Å²) in [7, 11) is 0. The first kappa shape index (κ1) is 23.8. The van der Waals surface area contributed by atoms with E-state index in [1.807, 2.05) is 79.4 Å². The van der Waals surface area contributed by atoms with Gasteiger partial charge in [0.05, 0.1) is 11.9 Å². The van der Waals surface area contributed by atoms with Crippen LogP contribution >= 0.6 is 11.8 Å². The number of hydrogen-bond donors (Lipinski definition) is 0. The normalized spacial score (nSPS) is 11.1. The molecular weight excluding hydrogens is 446 g/mol. The molecule has 176 valence electrons. The van der Waals surface area contributed by atoms with Gasteiger partial charge in [-0.15, -0.1) is 0 Å². The van der Waals surface area contributed by atoms with E-state index >= 15 is 0 Å². The maximum Gasteiger partial charge on any atom is 0.282 e. The fraction of sp³-hybridized carbons (Fsp3) is 0.308. The van der Waals surface area contributed by atoms with Gasteiger partial charge in [0.25, 0.3) is 5.56 Å². The molecule has 8 heteroatoms. The molecule has 0 aliphatic heterocycles. The molecule has 1 amide bonds. The first-order valence-corrected chi connectivity index (χ1v) is 12.5. The van der Waals surface area contributed by atoms with Gasteiger partial charge in [-0.05, 0) is 31.4 Å². The fourth-order valence-electron chi connectivity index (χ4n) is 3.78. The highest BCUT2D eigenvalue weighted by molar-refractivity contribution is 7.99. The molecule has 0 fully saturated rings. The van der Waals surface area contributed by atoms with Crippen molar-refractivity contribution >= 4 is 28.7 Å². The van der Waals surface area contributed by atoms with Crippen molar-refractivity contribution in [1.29, 1.82) is 0 Å². The number of carbonyl (C=O) groups is 1. The highest BCUT2D eigenvalue weighted by Crippen LogP contribution is 2.19. The van der Waals surface area contributed by atoms with Gasteiger partial charge >= 0.3 is 0 Å². The van der Waals surface area contributed by atoms with Crippen molar-refractivity contribution in [2.24, 2.45) is 0 Å². The molecule has 4 aromatic rings. The van der Waals surface area contributed by atoms with Gasteiger partial charge in [-0.3, -0.25) is 18.8 Å². The van der Waals surface area contributed by atoms with Crippen molar-refractivity contribution in [3.05, 3.63) is 88.3 Å². The third-order valence-electron chi connectivity index (χ3n) is 5.70. The van der Waals surface area contributed by atoms with Gasteiger partial charge in [0.1, 0.15) is 5.52 Å². The highest BCUT2D eigenvalue weighted by Gasteiger charge is 2.18. The molecular formula is C26H29N5O2S. The fourth-order valence-corrected chi connectivity index (χ4v) is 4.70. The van der Waals surface area contributed by atoms with Gasteiger partial charge in [-0.25, -0.2) is 4.98 Å². The average molecular weight is 476 g/mol. The molecule has 0 unspecified atom stereocenters. The first-order chi connectivity index (χ1) is 16.6. The predicted octanol–water partition coefficient (Wildman–Crippen LogP) is 4.00. The lowest BCUT2D eigenvalue weighted by Crippen LogP contribution is -2.32. The molecule has 0 saturated carbocycles. The molecule has 2 heterocycles. The van der Waals surface area contributed by atoms with Gasteiger partial charge in [0.2, 0.25) is 5.91 Å². The Balaban J connectivity index is 1.56. The Bertz CT molecular complexity index is 1300. The third kappa shape index (κ3) is 5.56. The van der Waals surface area contributed by atoms with Crippen molar-refractivity contribution in [3.8, 4) is 0 Å². The summed E-state index contributed by atoms with van der Waals surface area (Å²) in [5.74, 6) is 0.232. The number of aromatic nitrogens is 4. The molecule has 0 atom stereocenters. The van der Waals surface area contributed by atoms with E-state index in [0.717, 1.165) is 11.1 Å². The second kappa shape index (κ2) is 11.2. The highest BCUT2D eigenvalue weighted by atomic mass is 32.2. The summed E-state index contributed by atoms with van der Waals surface area (Å²) in [4.78, 5) is 32.9. The predicted molar refractivity (Wildman–Crippen MR) is 136 cm³/mol. The SMILES string of the molecule is CCN(Cc1ccccc1)C(=O)CSc1nc2cn(CC)nc2c(=O)n1CCc1ccccc1. The molecule has 34 heavy (non-hydrogen) atoms. The van der Waals surface area contributed by atoms with Crippen molar-refractivity contribution in [3.63, 3.8) is 0 Å². The van der Waals surface area contributed by atoms with E-state index in [4.69, 9.17) is 4.98 Å². The second-order valence-corrected chi connectivity index (χ2v) is 8.93. The van der Waals surface area contributed by atoms with E-state index in [0.29, 0.717) is 48.8 Å². The molecule has 0 spiro atoms. The number of carbonyl (C=O) groups excluding carboxylic acids is 1. The average Bonchev–Trinajstić information content (AvgIpc) is 3.30. The summed E-state index contributed by atoms with van der Waals surface area (Å²) in [5, 5.41) is 4.96. The van der Waals surface area contributed by atoms with Crippen LogP contribution in [0.25, 0.3) is 11.0 Å². The molecule has 2 aromatic carbocycles. The summed E-state index contributed by atoms with van der Waals surface area (Å²) < 4.78 is 3.38. The van der Waals surface area contributed by atoms with Gasteiger partial charge in [0, 0.05) is 26.2 Å². The Hall–Kier alpha value is -3.39. The lowest BCUT2D eigenvalue weighted by atomic mass is 10.1. The largest absolute Gasteiger partial charge is 0.338 e. The van der Waals surface area contributed by atoms with Crippen LogP contribution in [-0.4, -0.2) is 42.4 Å². The van der Waals surface area contributed by atoms with E-state index in [2.05, 4.69) is 5.10 Å². The molecule has 0 aliphatic carbocycles. The number of fused-ring (bicyclic) bond motifs is 1. The van der Waals surface area contributed by atoms with Gasteiger partial charge in [-0.1, -0.05) is 72.4 Å². The minimum Gasteiger partial charge on any atom is -0.338 e. The topological polar surface area (TPSA) is 73.0 Å². The van der Waals surface area contributed by atoms with Gasteiger partial charge in [-0.2, -0.15) is 5.10 Å². The van der Waals surface area contributed by atoms with E-state index in [1.54, 1.807) is 15.4 Å². The monoisotopic (exact) mass is 475 g/mol. The van der Waals surface area contributed by atoms with E-state index < -0.39 is 0 Å². The van der Waals surface area contributed by atoms with Crippen LogP contribution in [0.2, 0.25) is 0 Å². The lowest BCUT2D eigenvalue weighted by molar-refractivity contribution is -0.128. The van der Waals surface area contributed by atoms with Crippen molar-refractivity contribution < 1.29 is 4.79 Å². The van der Waals surface area contributed by atoms with Crippen LogP contribution in [0.5, 0.6) is 0 Å². The van der Waals surface area contributed by atoms with Crippen LogP contribution < -0.4 is 5.56 Å². The summed E-state index contributed by atoms with van der Waals surface area (Å²) in [5.41, 5.74) is 2.99. The van der Waals surface area contributed by atoms with Gasteiger partial charge in [0.15, 0.2) is 10.7 Å². The van der Waals surface area contributed by atoms with Crippen molar-refractivity contribution in [2.45, 2.75) is 45.1 Å². The standard InChI is InChI=1S/C26H29N5O2S/c1-3-29(17-21-13-9-6-10-14-21)23(32)19-34-26-27-22-18-30(4-2)28-24(22)25(33)31(26)16-15-20-11-7-5-8-12-20/h5-14,18H,3-4,15-17,19H2,1-2H3. The number of thioether (sulfide) groups is 1. The molecule has 0 radical (unpaired) electrons. The minimum absolute atomic E-state index is 0.0181. The van der Waals surface area contributed by atoms with Gasteiger partial charge < -0.3 is 4.90 Å². The van der Waals surface area contributed by atoms with Crippen LogP contribution in [0, 0.1) is 0 Å². The van der Waals surface area contributed by atoms with Crippen molar-refractivity contribution in [1.82, 2.24) is 24.2 Å². The second-order valence-electron chi connectivity index (χ2n) is 7.99. The Kier molecular flexibility index (Phi) is 7.80. The maximum absolute atomic E-state index is 13.3. The minimum atomic E-state index is -0.167. The van der Waals surface area contributed by atoms with Crippen molar-refractivity contribution in [2.75, 3.05) is 12.3 Å². The third-order valence-corrected chi connectivity index (χ3v) is 6.66. The Morgan fingerprint density at radius 1 is 1.00 bits per heavy atom. The Morgan fingerprint density at radius 3 is 2.32 bits per heavy atom. The number of benzene rings is 2. The smallest absolute Gasteiger partial charge is 0.282 e. The van der Waals surface area contributed by atoms with Crippen LogP contribution in [0.15, 0.2) is 76.8 Å². The first-order valence-electron chi connectivity index (χ1n) is 11.6. The molecule has 0 N–H and O–H groups in total. The van der Waals surface area contributed by atoms with E-state index in [1.165, 1.54) is 11.8 Å². The van der Waals surface area contributed by atoms with Crippen LogP contribution in [-0.2, 0) is 30.8 Å². The lowest BCUT2D eigenvalue weighted by Gasteiger charge is -2.21. The molecule has 7 nitrogen and oxygen atoms in total. The Morgan fingerprint density at radius 2 is 1.68 bits per heavy atom. The maximum atomic E-state index is 13.3. The zero-order valence-electron chi connectivity index (χ0n) is 19.6. The summed E-state index contributed by atoms with van der Waals surface area (Å²) >= 11 is 1.31. The number of hydrogen-bond acceptors (Lipinski definition) is 5. The molecule has 0 bridgehead atoms. The zero-order chi connectivity index (χ0) is 23.9. The quantitative estimate of drug-likeness (QED) is 0.256. The van der Waals surface area contributed by atoms with E-state index in [-0.39, 0.29) is 17.2 Å². The number of rotatable bonds is 10. The molecule has 0 saturated heterocycles. The van der Waals surface area contributed by atoms with Crippen LogP contribution in [0.3, 0.4) is 0 Å². The Labute approximate surface area is 203 Å². The van der Waals surface area contributed by atoms with Crippen LogP contribution in [0.4, 0.5) is 0 Å². The summed E-state index contributed by atoms with van der Waals surface area (Å²) in [6.07, 6.45) is 2.48. The summed E-state index contributed by atoms with van der Waals surface area (Å²) in [6.45, 7) is 6.26. The van der Waals surface area contributed by atoms with Crippen LogP contribution in [0.1, 0.15) is 25.0 Å². The molecule has 2 aromatic heterocycles. The van der Waals surface area contributed by atoms with E-state index in [9.17, 15) is 9.59 Å². The zero-order valence-corrected chi connectivity index (χ0v) is 20.4. The number of nitrogens with zero attached hydrogens (tertiary/aromatic N) is 5.